The van der Waals surface area contributed by atoms with Gasteiger partial charge in [0.25, 0.3) is 0 Å². The van der Waals surface area contributed by atoms with Gasteiger partial charge in [-0.2, -0.15) is 13.2 Å². The van der Waals surface area contributed by atoms with Gasteiger partial charge < -0.3 is 4.74 Å². The van der Waals surface area contributed by atoms with Gasteiger partial charge in [0.05, 0.1) is 11.5 Å². The third-order valence-corrected chi connectivity index (χ3v) is 3.45. The third kappa shape index (κ3) is 4.24. The first-order chi connectivity index (χ1) is 10.5. The van der Waals surface area contributed by atoms with Gasteiger partial charge in [-0.25, -0.2) is 0 Å². The predicted molar refractivity (Wildman–Crippen MR) is 83.2 cm³/mol. The van der Waals surface area contributed by atoms with Crippen LogP contribution in [0.25, 0.3) is 10.8 Å². The number of hydrogen-bond donors (Lipinski definition) is 0. The van der Waals surface area contributed by atoms with Gasteiger partial charge >= 0.3 is 12.1 Å². The number of benzene rings is 2. The van der Waals surface area contributed by atoms with E-state index < -0.39 is 23.3 Å². The van der Waals surface area contributed by atoms with Crippen molar-refractivity contribution < 1.29 is 22.7 Å². The number of rotatable bonds is 2. The summed E-state index contributed by atoms with van der Waals surface area (Å²) >= 11 is 0. The Balaban J connectivity index is 2.32. The highest BCUT2D eigenvalue weighted by molar-refractivity contribution is 5.86. The van der Waals surface area contributed by atoms with Crippen LogP contribution in [0.5, 0.6) is 0 Å². The predicted octanol–water partition coefficient (Wildman–Crippen LogP) is 5.30. The lowest BCUT2D eigenvalue weighted by atomic mass is 9.96. The highest BCUT2D eigenvalue weighted by atomic mass is 19.4. The lowest BCUT2D eigenvalue weighted by Gasteiger charge is -2.22. The summed E-state index contributed by atoms with van der Waals surface area (Å²) in [5.74, 6) is -0.843. The van der Waals surface area contributed by atoms with E-state index in [1.807, 2.05) is 0 Å². The summed E-state index contributed by atoms with van der Waals surface area (Å²) in [6.45, 7) is 7.09. The van der Waals surface area contributed by atoms with Crippen molar-refractivity contribution >= 4 is 16.7 Å². The molecule has 23 heavy (non-hydrogen) atoms. The van der Waals surface area contributed by atoms with Crippen molar-refractivity contribution in [3.8, 4) is 0 Å². The van der Waals surface area contributed by atoms with Crippen molar-refractivity contribution in [2.75, 3.05) is 0 Å². The molecule has 5 heteroatoms. The van der Waals surface area contributed by atoms with Crippen LogP contribution in [-0.2, 0) is 15.7 Å². The molecule has 0 saturated heterocycles. The molecule has 0 heterocycles. The molecule has 0 radical (unpaired) electrons. The number of esters is 1. The Bertz CT molecular complexity index is 727. The quantitative estimate of drug-likeness (QED) is 0.700. The molecule has 0 spiro atoms. The molecule has 0 amide bonds. The van der Waals surface area contributed by atoms with E-state index in [9.17, 15) is 18.0 Å². The normalized spacial score (nSPS) is 13.9. The van der Waals surface area contributed by atoms with Crippen LogP contribution in [0, 0.1) is 0 Å². The summed E-state index contributed by atoms with van der Waals surface area (Å²) in [5, 5.41) is 1.14. The molecular weight excluding hydrogens is 305 g/mol. The number of fused-ring (bicyclic) bond motifs is 1. The lowest BCUT2D eigenvalue weighted by molar-refractivity contribution is -0.156. The van der Waals surface area contributed by atoms with Crippen molar-refractivity contribution in [2.45, 2.75) is 45.4 Å². The molecule has 0 saturated carbocycles. The van der Waals surface area contributed by atoms with Crippen molar-refractivity contribution in [3.05, 3.63) is 47.5 Å². The van der Waals surface area contributed by atoms with Crippen LogP contribution in [0.1, 0.15) is 44.7 Å². The Morgan fingerprint density at radius 1 is 1.00 bits per heavy atom. The Morgan fingerprint density at radius 3 is 2.13 bits per heavy atom. The topological polar surface area (TPSA) is 26.3 Å². The fraction of sp³-hybridized carbons (Fsp3) is 0.389. The first-order valence-corrected chi connectivity index (χ1v) is 7.31. The standard InChI is InChI=1S/C18H19F3O2/c1-11(16(22)23-17(2,3)4)12-5-6-14-10-15(18(19,20)21)8-7-13(14)9-12/h5-11H,1-4H3/t11-/m0/s1. The SMILES string of the molecule is C[C@H](C(=O)OC(C)(C)C)c1ccc2cc(C(F)(F)F)ccc2c1. The van der Waals surface area contributed by atoms with Crippen LogP contribution in [0.15, 0.2) is 36.4 Å². The lowest BCUT2D eigenvalue weighted by Crippen LogP contribution is -2.26. The summed E-state index contributed by atoms with van der Waals surface area (Å²) < 4.78 is 43.5. The van der Waals surface area contributed by atoms with Crippen LogP contribution in [0.4, 0.5) is 13.2 Å². The van der Waals surface area contributed by atoms with Gasteiger partial charge in [-0.3, -0.25) is 4.79 Å². The first-order valence-electron chi connectivity index (χ1n) is 7.31. The molecule has 1 atom stereocenters. The van der Waals surface area contributed by atoms with E-state index in [2.05, 4.69) is 0 Å². The molecule has 2 aromatic carbocycles. The molecular formula is C18H19F3O2. The number of halogens is 3. The number of alkyl halides is 3. The zero-order valence-electron chi connectivity index (χ0n) is 13.5. The second kappa shape index (κ2) is 5.87. The number of carbonyl (C=O) groups is 1. The second-order valence-electron chi connectivity index (χ2n) is 6.57. The van der Waals surface area contributed by atoms with E-state index in [0.29, 0.717) is 16.3 Å². The third-order valence-electron chi connectivity index (χ3n) is 3.45. The van der Waals surface area contributed by atoms with Crippen LogP contribution >= 0.6 is 0 Å². The molecule has 0 aromatic heterocycles. The van der Waals surface area contributed by atoms with Crippen molar-refractivity contribution in [1.82, 2.24) is 0 Å². The molecule has 0 unspecified atom stereocenters. The summed E-state index contributed by atoms with van der Waals surface area (Å²) in [7, 11) is 0. The number of hydrogen-bond acceptors (Lipinski definition) is 2. The van der Waals surface area contributed by atoms with Gasteiger partial charge in [0, 0.05) is 0 Å². The maximum Gasteiger partial charge on any atom is 0.416 e. The summed E-state index contributed by atoms with van der Waals surface area (Å²) in [4.78, 5) is 12.1. The minimum Gasteiger partial charge on any atom is -0.460 e. The Kier molecular flexibility index (Phi) is 4.42. The molecule has 2 rings (SSSR count). The van der Waals surface area contributed by atoms with Gasteiger partial charge in [0.1, 0.15) is 5.60 Å². The Hall–Kier alpha value is -2.04. The summed E-state index contributed by atoms with van der Waals surface area (Å²) in [5.41, 5.74) is -0.548. The monoisotopic (exact) mass is 324 g/mol. The van der Waals surface area contributed by atoms with Crippen molar-refractivity contribution in [1.29, 1.82) is 0 Å². The number of ether oxygens (including phenoxy) is 1. The Labute approximate surface area is 133 Å². The first kappa shape index (κ1) is 17.3. The van der Waals surface area contributed by atoms with Gasteiger partial charge in [0.15, 0.2) is 0 Å². The van der Waals surface area contributed by atoms with E-state index in [4.69, 9.17) is 4.74 Å². The summed E-state index contributed by atoms with van der Waals surface area (Å²) in [6, 6.07) is 8.56. The van der Waals surface area contributed by atoms with Gasteiger partial charge in [-0.05, 0) is 56.2 Å². The van der Waals surface area contributed by atoms with E-state index >= 15 is 0 Å². The maximum absolute atomic E-state index is 12.7. The Morgan fingerprint density at radius 2 is 1.57 bits per heavy atom. The molecule has 0 aliphatic carbocycles. The van der Waals surface area contributed by atoms with Crippen LogP contribution < -0.4 is 0 Å². The molecule has 124 valence electrons. The highest BCUT2D eigenvalue weighted by Crippen LogP contribution is 2.32. The molecule has 0 fully saturated rings. The smallest absolute Gasteiger partial charge is 0.416 e. The largest absolute Gasteiger partial charge is 0.460 e. The van der Waals surface area contributed by atoms with Gasteiger partial charge in [0.2, 0.25) is 0 Å². The fourth-order valence-corrected chi connectivity index (χ4v) is 2.24. The zero-order chi connectivity index (χ0) is 17.4. The molecule has 2 aromatic rings. The van der Waals surface area contributed by atoms with E-state index in [-0.39, 0.29) is 5.97 Å². The molecule has 0 N–H and O–H groups in total. The van der Waals surface area contributed by atoms with E-state index in [1.165, 1.54) is 6.07 Å². The average Bonchev–Trinajstić information content (AvgIpc) is 2.42. The minimum atomic E-state index is -4.36. The van der Waals surface area contributed by atoms with E-state index in [1.54, 1.807) is 45.9 Å². The second-order valence-corrected chi connectivity index (χ2v) is 6.57. The van der Waals surface area contributed by atoms with Crippen LogP contribution in [0.3, 0.4) is 0 Å². The molecule has 2 nitrogen and oxygen atoms in total. The highest BCUT2D eigenvalue weighted by Gasteiger charge is 2.30. The molecule has 0 aliphatic heterocycles. The zero-order valence-corrected chi connectivity index (χ0v) is 13.5. The van der Waals surface area contributed by atoms with Crippen LogP contribution in [0.2, 0.25) is 0 Å². The maximum atomic E-state index is 12.7. The molecule has 0 aliphatic rings. The molecule has 0 bridgehead atoms. The van der Waals surface area contributed by atoms with Gasteiger partial charge in [-0.15, -0.1) is 0 Å². The van der Waals surface area contributed by atoms with E-state index in [0.717, 1.165) is 12.1 Å². The fourth-order valence-electron chi connectivity index (χ4n) is 2.24. The average molecular weight is 324 g/mol. The number of carbonyl (C=O) groups excluding carboxylic acids is 1. The van der Waals surface area contributed by atoms with Crippen molar-refractivity contribution in [2.24, 2.45) is 0 Å². The summed E-state index contributed by atoms with van der Waals surface area (Å²) in [6.07, 6.45) is -4.36. The van der Waals surface area contributed by atoms with Crippen LogP contribution in [-0.4, -0.2) is 11.6 Å². The van der Waals surface area contributed by atoms with Crippen molar-refractivity contribution in [3.63, 3.8) is 0 Å². The van der Waals surface area contributed by atoms with Gasteiger partial charge in [-0.1, -0.05) is 24.3 Å². The minimum absolute atomic E-state index is 0.358.